The molecular weight excluding hydrogens is 268 g/mol. The SMILES string of the molecule is CCc1cc2c(NN)nc(Cc3ccccc3)nc2s1. The number of benzene rings is 1. The van der Waals surface area contributed by atoms with Gasteiger partial charge < -0.3 is 5.43 Å². The van der Waals surface area contributed by atoms with E-state index >= 15 is 0 Å². The smallest absolute Gasteiger partial charge is 0.152 e. The Morgan fingerprint density at radius 3 is 2.70 bits per heavy atom. The lowest BCUT2D eigenvalue weighted by molar-refractivity contribution is 0.993. The second-order valence-corrected chi connectivity index (χ2v) is 5.70. The van der Waals surface area contributed by atoms with E-state index < -0.39 is 0 Å². The number of rotatable bonds is 4. The fourth-order valence-corrected chi connectivity index (χ4v) is 3.14. The van der Waals surface area contributed by atoms with Gasteiger partial charge in [-0.3, -0.25) is 0 Å². The van der Waals surface area contributed by atoms with Crippen LogP contribution in [0.2, 0.25) is 0 Å². The predicted octanol–water partition coefficient (Wildman–Crippen LogP) is 3.13. The van der Waals surface area contributed by atoms with Gasteiger partial charge in [-0.15, -0.1) is 11.3 Å². The van der Waals surface area contributed by atoms with Gasteiger partial charge in [0.25, 0.3) is 0 Å². The minimum atomic E-state index is 0.705. The van der Waals surface area contributed by atoms with Crippen LogP contribution in [-0.4, -0.2) is 9.97 Å². The molecule has 0 aliphatic carbocycles. The van der Waals surface area contributed by atoms with Crippen LogP contribution in [0.3, 0.4) is 0 Å². The van der Waals surface area contributed by atoms with Gasteiger partial charge in [0.2, 0.25) is 0 Å². The Bertz CT molecular complexity index is 721. The monoisotopic (exact) mass is 284 g/mol. The molecule has 0 aliphatic heterocycles. The molecule has 3 N–H and O–H groups in total. The lowest BCUT2D eigenvalue weighted by atomic mass is 10.1. The molecule has 2 aromatic heterocycles. The number of anilines is 1. The number of hydrogen-bond donors (Lipinski definition) is 2. The Morgan fingerprint density at radius 1 is 1.20 bits per heavy atom. The van der Waals surface area contributed by atoms with Gasteiger partial charge in [0.1, 0.15) is 10.7 Å². The zero-order valence-electron chi connectivity index (χ0n) is 11.3. The van der Waals surface area contributed by atoms with Gasteiger partial charge in [0, 0.05) is 11.3 Å². The van der Waals surface area contributed by atoms with E-state index in [1.54, 1.807) is 11.3 Å². The van der Waals surface area contributed by atoms with Crippen molar-refractivity contribution in [1.29, 1.82) is 0 Å². The lowest BCUT2D eigenvalue weighted by Crippen LogP contribution is -2.10. The number of nitrogens with zero attached hydrogens (tertiary/aromatic N) is 2. The molecule has 5 heteroatoms. The topological polar surface area (TPSA) is 63.8 Å². The molecule has 3 rings (SSSR count). The maximum absolute atomic E-state index is 5.59. The van der Waals surface area contributed by atoms with E-state index in [-0.39, 0.29) is 0 Å². The van der Waals surface area contributed by atoms with Gasteiger partial charge in [-0.05, 0) is 18.1 Å². The van der Waals surface area contributed by atoms with E-state index in [0.29, 0.717) is 12.2 Å². The van der Waals surface area contributed by atoms with Gasteiger partial charge in [-0.25, -0.2) is 15.8 Å². The summed E-state index contributed by atoms with van der Waals surface area (Å²) in [7, 11) is 0. The first-order chi connectivity index (χ1) is 9.80. The Labute approximate surface area is 121 Å². The van der Waals surface area contributed by atoms with E-state index in [9.17, 15) is 0 Å². The molecule has 2 heterocycles. The number of nitrogens with one attached hydrogen (secondary N) is 1. The average Bonchev–Trinajstić information content (AvgIpc) is 2.90. The number of fused-ring (bicyclic) bond motifs is 1. The summed E-state index contributed by atoms with van der Waals surface area (Å²) in [6.45, 7) is 2.14. The maximum Gasteiger partial charge on any atom is 0.152 e. The molecule has 4 nitrogen and oxygen atoms in total. The van der Waals surface area contributed by atoms with Crippen LogP contribution in [0.4, 0.5) is 5.82 Å². The van der Waals surface area contributed by atoms with Gasteiger partial charge in [0.05, 0.1) is 5.39 Å². The van der Waals surface area contributed by atoms with Crippen molar-refractivity contribution < 1.29 is 0 Å². The van der Waals surface area contributed by atoms with Crippen LogP contribution in [0.25, 0.3) is 10.2 Å². The Morgan fingerprint density at radius 2 is 2.00 bits per heavy atom. The summed E-state index contributed by atoms with van der Waals surface area (Å²) in [5.74, 6) is 7.09. The summed E-state index contributed by atoms with van der Waals surface area (Å²) in [6.07, 6.45) is 1.71. The third kappa shape index (κ3) is 2.50. The van der Waals surface area contributed by atoms with Crippen molar-refractivity contribution in [3.8, 4) is 0 Å². The highest BCUT2D eigenvalue weighted by atomic mass is 32.1. The van der Waals surface area contributed by atoms with Gasteiger partial charge >= 0.3 is 0 Å². The van der Waals surface area contributed by atoms with Crippen molar-refractivity contribution >= 4 is 27.4 Å². The Hall–Kier alpha value is -1.98. The first-order valence-corrected chi connectivity index (χ1v) is 7.41. The average molecular weight is 284 g/mol. The van der Waals surface area contributed by atoms with Crippen molar-refractivity contribution in [3.63, 3.8) is 0 Å². The van der Waals surface area contributed by atoms with Crippen molar-refractivity contribution in [2.24, 2.45) is 5.84 Å². The Balaban J connectivity index is 2.03. The summed E-state index contributed by atoms with van der Waals surface area (Å²) in [5.41, 5.74) is 3.89. The second-order valence-electron chi connectivity index (χ2n) is 4.58. The predicted molar refractivity (Wildman–Crippen MR) is 83.9 cm³/mol. The largest absolute Gasteiger partial charge is 0.308 e. The molecule has 0 saturated heterocycles. The number of aromatic nitrogens is 2. The van der Waals surface area contributed by atoms with E-state index in [0.717, 1.165) is 22.5 Å². The molecule has 0 bridgehead atoms. The van der Waals surface area contributed by atoms with E-state index in [1.165, 1.54) is 10.4 Å². The molecule has 0 amide bonds. The summed E-state index contributed by atoms with van der Waals surface area (Å²) in [5, 5.41) is 1.01. The molecule has 0 spiro atoms. The van der Waals surface area contributed by atoms with Crippen LogP contribution in [0.15, 0.2) is 36.4 Å². The molecule has 102 valence electrons. The maximum atomic E-state index is 5.59. The summed E-state index contributed by atoms with van der Waals surface area (Å²) >= 11 is 1.70. The van der Waals surface area contributed by atoms with Crippen LogP contribution in [0.5, 0.6) is 0 Å². The van der Waals surface area contributed by atoms with Crippen LogP contribution in [-0.2, 0) is 12.8 Å². The summed E-state index contributed by atoms with van der Waals surface area (Å²) < 4.78 is 0. The molecule has 20 heavy (non-hydrogen) atoms. The number of aryl methyl sites for hydroxylation is 1. The normalized spacial score (nSPS) is 10.9. The molecule has 3 aromatic rings. The molecule has 0 saturated carbocycles. The van der Waals surface area contributed by atoms with Gasteiger partial charge in [0.15, 0.2) is 5.82 Å². The summed E-state index contributed by atoms with van der Waals surface area (Å²) in [6, 6.07) is 12.3. The first-order valence-electron chi connectivity index (χ1n) is 6.60. The van der Waals surface area contributed by atoms with Crippen LogP contribution in [0.1, 0.15) is 23.2 Å². The third-order valence-corrected chi connectivity index (χ3v) is 4.35. The standard InChI is InChI=1S/C15H16N4S/c1-2-11-9-12-14(19-16)17-13(18-15(12)20-11)8-10-6-4-3-5-7-10/h3-7,9H,2,8,16H2,1H3,(H,17,18,19). The second kappa shape index (κ2) is 5.56. The summed E-state index contributed by atoms with van der Waals surface area (Å²) in [4.78, 5) is 11.5. The number of thiophene rings is 1. The fraction of sp³-hybridized carbons (Fsp3) is 0.200. The number of nitrogen functional groups attached to an aromatic ring is 1. The minimum absolute atomic E-state index is 0.705. The Kier molecular flexibility index (Phi) is 3.62. The molecule has 0 radical (unpaired) electrons. The molecule has 0 fully saturated rings. The fourth-order valence-electron chi connectivity index (χ4n) is 2.16. The van der Waals surface area contributed by atoms with Gasteiger partial charge in [-0.1, -0.05) is 37.3 Å². The zero-order chi connectivity index (χ0) is 13.9. The lowest BCUT2D eigenvalue weighted by Gasteiger charge is -2.05. The van der Waals surface area contributed by atoms with Crippen LogP contribution >= 0.6 is 11.3 Å². The highest BCUT2D eigenvalue weighted by Crippen LogP contribution is 2.29. The van der Waals surface area contributed by atoms with E-state index in [1.807, 2.05) is 18.2 Å². The molecule has 1 aromatic carbocycles. The van der Waals surface area contributed by atoms with Crippen LogP contribution < -0.4 is 11.3 Å². The number of hydrazine groups is 1. The van der Waals surface area contributed by atoms with E-state index in [2.05, 4.69) is 40.5 Å². The first kappa shape index (κ1) is 13.0. The van der Waals surface area contributed by atoms with Crippen molar-refractivity contribution in [2.45, 2.75) is 19.8 Å². The highest BCUT2D eigenvalue weighted by Gasteiger charge is 2.11. The van der Waals surface area contributed by atoms with Crippen molar-refractivity contribution in [3.05, 3.63) is 52.7 Å². The number of hydrogen-bond acceptors (Lipinski definition) is 5. The third-order valence-electron chi connectivity index (χ3n) is 3.18. The molecule has 0 atom stereocenters. The minimum Gasteiger partial charge on any atom is -0.308 e. The number of nitrogens with two attached hydrogens (primary N) is 1. The molecule has 0 aliphatic rings. The molecule has 0 unspecified atom stereocenters. The quantitative estimate of drug-likeness (QED) is 0.570. The van der Waals surface area contributed by atoms with Gasteiger partial charge in [-0.2, -0.15) is 0 Å². The van der Waals surface area contributed by atoms with E-state index in [4.69, 9.17) is 5.84 Å². The molecular formula is C15H16N4S. The van der Waals surface area contributed by atoms with Crippen LogP contribution in [0, 0.1) is 0 Å². The van der Waals surface area contributed by atoms with Crippen molar-refractivity contribution in [1.82, 2.24) is 9.97 Å². The highest BCUT2D eigenvalue weighted by molar-refractivity contribution is 7.18. The van der Waals surface area contributed by atoms with Crippen molar-refractivity contribution in [2.75, 3.05) is 5.43 Å². The zero-order valence-corrected chi connectivity index (χ0v) is 12.1.